The van der Waals surface area contributed by atoms with Gasteiger partial charge < -0.3 is 10.1 Å². The molecule has 1 N–H and O–H groups in total. The number of nitrogens with zero attached hydrogens (tertiary/aromatic N) is 1. The lowest BCUT2D eigenvalue weighted by Crippen LogP contribution is -2.11. The molecule has 146 valence electrons. The van der Waals surface area contributed by atoms with E-state index in [1.807, 2.05) is 0 Å². The number of anilines is 1. The van der Waals surface area contributed by atoms with E-state index in [2.05, 4.69) is 10.3 Å². The summed E-state index contributed by atoms with van der Waals surface area (Å²) in [5.74, 6) is -3.56. The van der Waals surface area contributed by atoms with E-state index in [4.69, 9.17) is 4.74 Å². The van der Waals surface area contributed by atoms with Crippen LogP contribution in [0.2, 0.25) is 0 Å². The van der Waals surface area contributed by atoms with Crippen LogP contribution in [0.15, 0.2) is 71.9 Å². The summed E-state index contributed by atoms with van der Waals surface area (Å²) < 4.78 is 67.5. The third-order valence-corrected chi connectivity index (χ3v) is 5.17. The van der Waals surface area contributed by atoms with Crippen molar-refractivity contribution in [2.45, 2.75) is 17.2 Å². The number of halogens is 3. The Morgan fingerprint density at radius 2 is 1.82 bits per heavy atom. The molecule has 0 aliphatic heterocycles. The van der Waals surface area contributed by atoms with Gasteiger partial charge in [-0.15, -0.1) is 0 Å². The van der Waals surface area contributed by atoms with E-state index in [1.54, 1.807) is 24.4 Å². The maximum absolute atomic E-state index is 14.2. The van der Waals surface area contributed by atoms with E-state index in [0.29, 0.717) is 17.0 Å². The number of pyridine rings is 1. The zero-order valence-corrected chi connectivity index (χ0v) is 15.2. The quantitative estimate of drug-likeness (QED) is 0.618. The summed E-state index contributed by atoms with van der Waals surface area (Å²) in [6, 6.07) is 12.7. The highest BCUT2D eigenvalue weighted by molar-refractivity contribution is 7.91. The summed E-state index contributed by atoms with van der Waals surface area (Å²) in [5.41, 5.74) is 1.12. The smallest absolute Gasteiger partial charge is 0.341 e. The van der Waals surface area contributed by atoms with Gasteiger partial charge in [0.25, 0.3) is 0 Å². The minimum absolute atomic E-state index is 0.0540. The zero-order chi connectivity index (χ0) is 20.1. The third-order valence-electron chi connectivity index (χ3n) is 3.77. The maximum atomic E-state index is 14.2. The van der Waals surface area contributed by atoms with Crippen molar-refractivity contribution in [3.05, 3.63) is 78.4 Å². The summed E-state index contributed by atoms with van der Waals surface area (Å²) >= 11 is 0. The van der Waals surface area contributed by atoms with Crippen LogP contribution in [0.1, 0.15) is 5.56 Å². The van der Waals surface area contributed by atoms with Gasteiger partial charge in [-0.3, -0.25) is 4.98 Å². The van der Waals surface area contributed by atoms with Gasteiger partial charge in [0.15, 0.2) is 11.6 Å². The fourth-order valence-corrected chi connectivity index (χ4v) is 3.06. The minimum atomic E-state index is -4.63. The number of sulfone groups is 1. The highest BCUT2D eigenvalue weighted by Crippen LogP contribution is 2.25. The molecule has 0 saturated carbocycles. The Morgan fingerprint density at radius 3 is 2.43 bits per heavy atom. The van der Waals surface area contributed by atoms with Crippen LogP contribution < -0.4 is 10.1 Å². The Bertz CT molecular complexity index is 1040. The molecule has 0 fully saturated rings. The number of alkyl halides is 2. The van der Waals surface area contributed by atoms with Crippen LogP contribution in [0.4, 0.5) is 18.9 Å². The van der Waals surface area contributed by atoms with Crippen molar-refractivity contribution in [3.63, 3.8) is 0 Å². The molecule has 1 heterocycles. The number of rotatable bonds is 7. The number of aromatic nitrogens is 1. The highest BCUT2D eigenvalue weighted by Gasteiger charge is 2.26. The van der Waals surface area contributed by atoms with Crippen LogP contribution in [-0.2, 0) is 16.4 Å². The minimum Gasteiger partial charge on any atom is -0.453 e. The molecular weight excluding hydrogens is 393 g/mol. The van der Waals surface area contributed by atoms with Crippen LogP contribution in [0, 0.1) is 5.82 Å². The fraction of sp³-hybridized carbons (Fsp3) is 0.105. The van der Waals surface area contributed by atoms with Gasteiger partial charge in [-0.05, 0) is 54.1 Å². The van der Waals surface area contributed by atoms with Gasteiger partial charge in [0.1, 0.15) is 5.75 Å². The Balaban J connectivity index is 1.64. The van der Waals surface area contributed by atoms with Gasteiger partial charge in [0.05, 0.1) is 11.1 Å². The van der Waals surface area contributed by atoms with E-state index < -0.39 is 26.3 Å². The van der Waals surface area contributed by atoms with Gasteiger partial charge in [-0.1, -0.05) is 6.07 Å². The molecule has 1 aromatic heterocycles. The molecule has 3 rings (SSSR count). The molecule has 2 aromatic carbocycles. The number of hydrogen-bond acceptors (Lipinski definition) is 5. The average Bonchev–Trinajstić information content (AvgIpc) is 2.69. The number of hydrogen-bond donors (Lipinski definition) is 1. The van der Waals surface area contributed by atoms with Crippen LogP contribution in [0.25, 0.3) is 0 Å². The third kappa shape index (κ3) is 4.61. The lowest BCUT2D eigenvalue weighted by molar-refractivity contribution is 0.234. The summed E-state index contributed by atoms with van der Waals surface area (Å²) in [5, 5.41) is 2.97. The maximum Gasteiger partial charge on any atom is 0.341 e. The first kappa shape index (κ1) is 19.7. The second-order valence-corrected chi connectivity index (χ2v) is 7.66. The zero-order valence-electron chi connectivity index (χ0n) is 14.3. The van der Waals surface area contributed by atoms with Crippen molar-refractivity contribution in [1.82, 2.24) is 4.98 Å². The van der Waals surface area contributed by atoms with Gasteiger partial charge in [-0.25, -0.2) is 12.8 Å². The lowest BCUT2D eigenvalue weighted by atomic mass is 10.2. The highest BCUT2D eigenvalue weighted by atomic mass is 32.2. The first-order valence-corrected chi connectivity index (χ1v) is 9.63. The Morgan fingerprint density at radius 1 is 1.07 bits per heavy atom. The van der Waals surface area contributed by atoms with E-state index in [0.717, 1.165) is 12.1 Å². The second-order valence-electron chi connectivity index (χ2n) is 5.74. The van der Waals surface area contributed by atoms with Crippen molar-refractivity contribution in [2.75, 3.05) is 5.32 Å². The van der Waals surface area contributed by atoms with Crippen molar-refractivity contribution >= 4 is 15.5 Å². The molecule has 0 spiro atoms. The van der Waals surface area contributed by atoms with E-state index in [-0.39, 0.29) is 12.3 Å². The monoisotopic (exact) mass is 408 g/mol. The molecule has 0 aliphatic rings. The standard InChI is InChI=1S/C19H15F3N2O3S/c20-17-10-13(3-8-18(17)27-15-2-1-9-23-12-15)11-24-14-4-6-16(7-5-14)28(25,26)19(21)22/h1-10,12,19,24H,11H2. The van der Waals surface area contributed by atoms with Crippen LogP contribution in [0.3, 0.4) is 0 Å². The van der Waals surface area contributed by atoms with E-state index >= 15 is 0 Å². The van der Waals surface area contributed by atoms with Crippen molar-refractivity contribution in [2.24, 2.45) is 0 Å². The first-order chi connectivity index (χ1) is 13.4. The van der Waals surface area contributed by atoms with Crippen LogP contribution in [0.5, 0.6) is 11.5 Å². The largest absolute Gasteiger partial charge is 0.453 e. The molecule has 9 heteroatoms. The molecule has 28 heavy (non-hydrogen) atoms. The molecule has 0 amide bonds. The SMILES string of the molecule is O=S(=O)(c1ccc(NCc2ccc(Oc3cccnc3)c(F)c2)cc1)C(F)F. The van der Waals surface area contributed by atoms with Crippen LogP contribution in [-0.4, -0.2) is 19.2 Å². The Labute approximate surface area is 159 Å². The normalized spacial score (nSPS) is 11.4. The molecular formula is C19H15F3N2O3S. The average molecular weight is 408 g/mol. The topological polar surface area (TPSA) is 68.3 Å². The number of benzene rings is 2. The molecule has 3 aromatic rings. The molecule has 0 radical (unpaired) electrons. The predicted octanol–water partition coefficient (Wildman–Crippen LogP) is 4.62. The second kappa shape index (κ2) is 8.30. The van der Waals surface area contributed by atoms with E-state index in [9.17, 15) is 21.6 Å². The molecule has 5 nitrogen and oxygen atoms in total. The molecule has 0 saturated heterocycles. The molecule has 0 atom stereocenters. The predicted molar refractivity (Wildman–Crippen MR) is 97.7 cm³/mol. The molecule has 0 bridgehead atoms. The number of ether oxygens (including phenoxy) is 1. The fourth-order valence-electron chi connectivity index (χ4n) is 2.34. The van der Waals surface area contributed by atoms with Gasteiger partial charge in [-0.2, -0.15) is 8.78 Å². The molecule has 0 unspecified atom stereocenters. The summed E-state index contributed by atoms with van der Waals surface area (Å²) in [7, 11) is -4.63. The Kier molecular flexibility index (Phi) is 5.84. The molecule has 0 aliphatic carbocycles. The van der Waals surface area contributed by atoms with Crippen LogP contribution >= 0.6 is 0 Å². The van der Waals surface area contributed by atoms with Crippen molar-refractivity contribution in [3.8, 4) is 11.5 Å². The summed E-state index contributed by atoms with van der Waals surface area (Å²) in [6.07, 6.45) is 3.04. The van der Waals surface area contributed by atoms with Gasteiger partial charge in [0, 0.05) is 18.4 Å². The van der Waals surface area contributed by atoms with Crippen molar-refractivity contribution in [1.29, 1.82) is 0 Å². The first-order valence-electron chi connectivity index (χ1n) is 8.08. The van der Waals surface area contributed by atoms with Gasteiger partial charge in [0.2, 0.25) is 9.84 Å². The Hall–Kier alpha value is -3.07. The van der Waals surface area contributed by atoms with Gasteiger partial charge >= 0.3 is 5.76 Å². The number of nitrogens with one attached hydrogen (secondary N) is 1. The summed E-state index contributed by atoms with van der Waals surface area (Å²) in [6.45, 7) is 0.241. The lowest BCUT2D eigenvalue weighted by Gasteiger charge is -2.10. The van der Waals surface area contributed by atoms with Crippen molar-refractivity contribution < 1.29 is 26.3 Å². The summed E-state index contributed by atoms with van der Waals surface area (Å²) in [4.78, 5) is 3.42. The van der Waals surface area contributed by atoms with E-state index in [1.165, 1.54) is 30.5 Å².